The number of rotatable bonds is 4. The zero-order valence-corrected chi connectivity index (χ0v) is 11.9. The predicted molar refractivity (Wildman–Crippen MR) is 83.2 cm³/mol. The van der Waals surface area contributed by atoms with E-state index in [1.165, 1.54) is 0 Å². The van der Waals surface area contributed by atoms with Gasteiger partial charge in [-0.3, -0.25) is 4.98 Å². The predicted octanol–water partition coefficient (Wildman–Crippen LogP) is 3.61. The van der Waals surface area contributed by atoms with E-state index in [0.29, 0.717) is 6.61 Å². The summed E-state index contributed by atoms with van der Waals surface area (Å²) in [6, 6.07) is 15.8. The van der Waals surface area contributed by atoms with Crippen molar-refractivity contribution in [3.8, 4) is 5.75 Å². The Morgan fingerprint density at radius 1 is 1.05 bits per heavy atom. The van der Waals surface area contributed by atoms with Crippen LogP contribution in [0.1, 0.15) is 16.7 Å². The maximum absolute atomic E-state index is 9.42. The first-order chi connectivity index (χ1) is 10.3. The molecule has 0 fully saturated rings. The molecule has 0 atom stereocenters. The second kappa shape index (κ2) is 5.94. The SMILES string of the molecule is Cc1ccc(OCc2ccnc3ccccc23)c(CO)c1. The molecule has 1 N–H and O–H groups in total. The molecule has 0 bridgehead atoms. The Balaban J connectivity index is 1.87. The van der Waals surface area contributed by atoms with Gasteiger partial charge < -0.3 is 9.84 Å². The zero-order chi connectivity index (χ0) is 14.7. The van der Waals surface area contributed by atoms with Gasteiger partial charge in [0.2, 0.25) is 0 Å². The van der Waals surface area contributed by atoms with Crippen LogP contribution in [0.15, 0.2) is 54.7 Å². The topological polar surface area (TPSA) is 42.4 Å². The average molecular weight is 279 g/mol. The van der Waals surface area contributed by atoms with Crippen molar-refractivity contribution in [1.82, 2.24) is 4.98 Å². The van der Waals surface area contributed by atoms with E-state index in [0.717, 1.165) is 33.3 Å². The molecule has 21 heavy (non-hydrogen) atoms. The Hall–Kier alpha value is -2.39. The van der Waals surface area contributed by atoms with Crippen molar-refractivity contribution >= 4 is 10.9 Å². The van der Waals surface area contributed by atoms with Crippen LogP contribution >= 0.6 is 0 Å². The third kappa shape index (κ3) is 2.88. The number of pyridine rings is 1. The van der Waals surface area contributed by atoms with Gasteiger partial charge in [0.15, 0.2) is 0 Å². The lowest BCUT2D eigenvalue weighted by Gasteiger charge is -2.12. The maximum atomic E-state index is 9.42. The first kappa shape index (κ1) is 13.6. The van der Waals surface area contributed by atoms with E-state index in [-0.39, 0.29) is 6.61 Å². The molecule has 0 aliphatic heterocycles. The Kier molecular flexibility index (Phi) is 3.84. The van der Waals surface area contributed by atoms with Gasteiger partial charge in [0.1, 0.15) is 12.4 Å². The fraction of sp³-hybridized carbons (Fsp3) is 0.167. The Morgan fingerprint density at radius 2 is 1.90 bits per heavy atom. The molecule has 1 aromatic heterocycles. The van der Waals surface area contributed by atoms with Gasteiger partial charge in [-0.15, -0.1) is 0 Å². The summed E-state index contributed by atoms with van der Waals surface area (Å²) in [5.74, 6) is 0.726. The Bertz CT molecular complexity index is 763. The number of fused-ring (bicyclic) bond motifs is 1. The Morgan fingerprint density at radius 3 is 2.76 bits per heavy atom. The molecule has 3 heteroatoms. The largest absolute Gasteiger partial charge is 0.489 e. The average Bonchev–Trinajstić information content (AvgIpc) is 2.53. The molecule has 0 aliphatic rings. The van der Waals surface area contributed by atoms with Crippen LogP contribution in [0.5, 0.6) is 5.75 Å². The molecule has 0 saturated heterocycles. The minimum absolute atomic E-state index is 0.0197. The molecule has 0 saturated carbocycles. The van der Waals surface area contributed by atoms with Crippen LogP contribution in [0.3, 0.4) is 0 Å². The van der Waals surface area contributed by atoms with Gasteiger partial charge in [-0.25, -0.2) is 0 Å². The highest BCUT2D eigenvalue weighted by Crippen LogP contribution is 2.23. The van der Waals surface area contributed by atoms with Crippen LogP contribution in [0.4, 0.5) is 0 Å². The van der Waals surface area contributed by atoms with E-state index in [4.69, 9.17) is 4.74 Å². The van der Waals surface area contributed by atoms with Crippen LogP contribution in [-0.2, 0) is 13.2 Å². The minimum Gasteiger partial charge on any atom is -0.489 e. The van der Waals surface area contributed by atoms with Crippen LogP contribution in [0.25, 0.3) is 10.9 Å². The van der Waals surface area contributed by atoms with Crippen LogP contribution in [-0.4, -0.2) is 10.1 Å². The molecule has 1 heterocycles. The second-order valence-electron chi connectivity index (χ2n) is 5.05. The highest BCUT2D eigenvalue weighted by molar-refractivity contribution is 5.81. The molecule has 106 valence electrons. The number of nitrogens with zero attached hydrogens (tertiary/aromatic N) is 1. The molecule has 0 spiro atoms. The zero-order valence-electron chi connectivity index (χ0n) is 11.9. The number of ether oxygens (including phenoxy) is 1. The van der Waals surface area contributed by atoms with Crippen LogP contribution in [0, 0.1) is 6.92 Å². The summed E-state index contributed by atoms with van der Waals surface area (Å²) >= 11 is 0. The minimum atomic E-state index is -0.0197. The molecule has 0 aliphatic carbocycles. The number of para-hydroxylation sites is 1. The van der Waals surface area contributed by atoms with Crippen LogP contribution in [0.2, 0.25) is 0 Å². The van der Waals surface area contributed by atoms with Gasteiger partial charge in [0, 0.05) is 22.7 Å². The van der Waals surface area contributed by atoms with Crippen molar-refractivity contribution in [3.05, 3.63) is 71.4 Å². The molecule has 0 amide bonds. The Labute approximate surface area is 123 Å². The third-order valence-electron chi connectivity index (χ3n) is 3.51. The molecule has 3 aromatic rings. The maximum Gasteiger partial charge on any atom is 0.125 e. The van der Waals surface area contributed by atoms with Crippen molar-refractivity contribution in [3.63, 3.8) is 0 Å². The lowest BCUT2D eigenvalue weighted by Crippen LogP contribution is -2.00. The van der Waals surface area contributed by atoms with Gasteiger partial charge >= 0.3 is 0 Å². The van der Waals surface area contributed by atoms with Crippen molar-refractivity contribution in [1.29, 1.82) is 0 Å². The number of hydrogen-bond donors (Lipinski definition) is 1. The van der Waals surface area contributed by atoms with E-state index in [1.807, 2.05) is 55.5 Å². The molecular formula is C18H17NO2. The highest BCUT2D eigenvalue weighted by atomic mass is 16.5. The first-order valence-corrected chi connectivity index (χ1v) is 6.94. The summed E-state index contributed by atoms with van der Waals surface area (Å²) in [6.07, 6.45) is 1.79. The molecule has 0 unspecified atom stereocenters. The second-order valence-corrected chi connectivity index (χ2v) is 5.05. The molecule has 3 nitrogen and oxygen atoms in total. The summed E-state index contributed by atoms with van der Waals surface area (Å²) in [5, 5.41) is 10.5. The summed E-state index contributed by atoms with van der Waals surface area (Å²) in [5.41, 5.74) is 3.98. The summed E-state index contributed by atoms with van der Waals surface area (Å²) < 4.78 is 5.89. The smallest absolute Gasteiger partial charge is 0.125 e. The standard InChI is InChI=1S/C18H17NO2/c1-13-6-7-18(15(10-13)11-20)21-12-14-8-9-19-17-5-3-2-4-16(14)17/h2-10,20H,11-12H2,1H3. The number of benzene rings is 2. The lowest BCUT2D eigenvalue weighted by atomic mass is 10.1. The first-order valence-electron chi connectivity index (χ1n) is 6.94. The van der Waals surface area contributed by atoms with E-state index in [1.54, 1.807) is 6.20 Å². The fourth-order valence-corrected chi connectivity index (χ4v) is 2.41. The number of aryl methyl sites for hydroxylation is 1. The van der Waals surface area contributed by atoms with E-state index < -0.39 is 0 Å². The van der Waals surface area contributed by atoms with E-state index in [9.17, 15) is 5.11 Å². The van der Waals surface area contributed by atoms with Crippen molar-refractivity contribution in [2.75, 3.05) is 0 Å². The number of aliphatic hydroxyl groups excluding tert-OH is 1. The highest BCUT2D eigenvalue weighted by Gasteiger charge is 2.06. The third-order valence-corrected chi connectivity index (χ3v) is 3.51. The number of aromatic nitrogens is 1. The van der Waals surface area contributed by atoms with Gasteiger partial charge in [-0.2, -0.15) is 0 Å². The monoisotopic (exact) mass is 279 g/mol. The molecule has 0 radical (unpaired) electrons. The van der Waals surface area contributed by atoms with Gasteiger partial charge in [-0.1, -0.05) is 35.9 Å². The van der Waals surface area contributed by atoms with Crippen LogP contribution < -0.4 is 4.74 Å². The lowest BCUT2D eigenvalue weighted by molar-refractivity contribution is 0.259. The van der Waals surface area contributed by atoms with Crippen molar-refractivity contribution < 1.29 is 9.84 Å². The van der Waals surface area contributed by atoms with E-state index in [2.05, 4.69) is 4.98 Å². The number of hydrogen-bond acceptors (Lipinski definition) is 3. The van der Waals surface area contributed by atoms with Crippen molar-refractivity contribution in [2.24, 2.45) is 0 Å². The van der Waals surface area contributed by atoms with Gasteiger partial charge in [-0.05, 0) is 25.1 Å². The fourth-order valence-electron chi connectivity index (χ4n) is 2.41. The van der Waals surface area contributed by atoms with Crippen molar-refractivity contribution in [2.45, 2.75) is 20.1 Å². The van der Waals surface area contributed by atoms with Gasteiger partial charge in [0.25, 0.3) is 0 Å². The van der Waals surface area contributed by atoms with E-state index >= 15 is 0 Å². The molecular weight excluding hydrogens is 262 g/mol. The molecule has 3 rings (SSSR count). The number of aliphatic hydroxyl groups is 1. The summed E-state index contributed by atoms with van der Waals surface area (Å²) in [4.78, 5) is 4.35. The normalized spacial score (nSPS) is 10.8. The van der Waals surface area contributed by atoms with Gasteiger partial charge in [0.05, 0.1) is 12.1 Å². The quantitative estimate of drug-likeness (QED) is 0.793. The summed E-state index contributed by atoms with van der Waals surface area (Å²) in [6.45, 7) is 2.44. The summed E-state index contributed by atoms with van der Waals surface area (Å²) in [7, 11) is 0. The molecule has 2 aromatic carbocycles.